The number of pyridine rings is 1. The highest BCUT2D eigenvalue weighted by Crippen LogP contribution is 2.33. The Labute approximate surface area is 134 Å². The fourth-order valence-corrected chi connectivity index (χ4v) is 1.96. The molecule has 0 aliphatic rings. The molecule has 9 heteroatoms. The molecule has 5 nitrogen and oxygen atoms in total. The maximum absolute atomic E-state index is 12.6. The highest BCUT2D eigenvalue weighted by atomic mass is 35.5. The summed E-state index contributed by atoms with van der Waals surface area (Å²) in [5, 5.41) is 23.7. The van der Waals surface area contributed by atoms with Gasteiger partial charge in [-0.15, -0.1) is 0 Å². The molecule has 2 rings (SSSR count). The molecule has 0 bridgehead atoms. The van der Waals surface area contributed by atoms with Crippen LogP contribution in [0, 0.1) is 0 Å². The third-order valence-corrected chi connectivity index (χ3v) is 3.12. The van der Waals surface area contributed by atoms with Crippen LogP contribution in [0.5, 0.6) is 11.5 Å². The van der Waals surface area contributed by atoms with Crippen molar-refractivity contribution >= 4 is 23.6 Å². The number of hydrogen-bond donors (Lipinski definition) is 2. The average molecular weight is 346 g/mol. The summed E-state index contributed by atoms with van der Waals surface area (Å²) in [6, 6.07) is 4.66. The molecule has 0 spiro atoms. The Morgan fingerprint density at radius 3 is 2.52 bits per heavy atom. The number of aromatic nitrogens is 1. The molecule has 0 unspecified atom stereocenters. The Bertz CT molecular complexity index is 751. The quantitative estimate of drug-likeness (QED) is 0.658. The van der Waals surface area contributed by atoms with Crippen molar-refractivity contribution in [3.8, 4) is 11.5 Å². The molecule has 0 atom stereocenters. The predicted molar refractivity (Wildman–Crippen MR) is 80.0 cm³/mol. The lowest BCUT2D eigenvalue weighted by molar-refractivity contribution is -0.137. The van der Waals surface area contributed by atoms with Gasteiger partial charge >= 0.3 is 6.18 Å². The van der Waals surface area contributed by atoms with E-state index in [1.165, 1.54) is 25.4 Å². The number of hydrogen-bond acceptors (Lipinski definition) is 5. The van der Waals surface area contributed by atoms with Gasteiger partial charge in [0, 0.05) is 24.9 Å². The summed E-state index contributed by atoms with van der Waals surface area (Å²) in [7, 11) is 1.44. The number of aromatic hydroxyl groups is 2. The second-order valence-electron chi connectivity index (χ2n) is 4.54. The zero-order valence-corrected chi connectivity index (χ0v) is 12.5. The number of hydrazone groups is 1. The highest BCUT2D eigenvalue weighted by molar-refractivity contribution is 6.33. The third-order valence-electron chi connectivity index (χ3n) is 2.84. The molecule has 2 aromatic rings. The van der Waals surface area contributed by atoms with Gasteiger partial charge in [-0.2, -0.15) is 18.3 Å². The number of alkyl halides is 3. The summed E-state index contributed by atoms with van der Waals surface area (Å²) in [6.45, 7) is 0. The second-order valence-corrected chi connectivity index (χ2v) is 4.95. The van der Waals surface area contributed by atoms with Crippen molar-refractivity contribution in [2.45, 2.75) is 6.18 Å². The zero-order chi connectivity index (χ0) is 17.2. The van der Waals surface area contributed by atoms with Gasteiger partial charge < -0.3 is 10.2 Å². The van der Waals surface area contributed by atoms with Crippen LogP contribution in [-0.4, -0.2) is 28.5 Å². The van der Waals surface area contributed by atoms with E-state index in [1.807, 2.05) is 0 Å². The second kappa shape index (κ2) is 6.33. The van der Waals surface area contributed by atoms with Gasteiger partial charge in [-0.05, 0) is 18.2 Å². The van der Waals surface area contributed by atoms with Crippen molar-refractivity contribution in [2.75, 3.05) is 12.1 Å². The Morgan fingerprint density at radius 1 is 1.26 bits per heavy atom. The molecular formula is C14H11ClF3N3O2. The van der Waals surface area contributed by atoms with Crippen LogP contribution >= 0.6 is 11.6 Å². The van der Waals surface area contributed by atoms with Crippen molar-refractivity contribution in [2.24, 2.45) is 5.10 Å². The van der Waals surface area contributed by atoms with Gasteiger partial charge in [0.15, 0.2) is 5.82 Å². The lowest BCUT2D eigenvalue weighted by Crippen LogP contribution is -2.13. The molecule has 0 saturated carbocycles. The lowest BCUT2D eigenvalue weighted by Gasteiger charge is -2.15. The van der Waals surface area contributed by atoms with Crippen LogP contribution in [0.25, 0.3) is 0 Å². The molecule has 1 heterocycles. The lowest BCUT2D eigenvalue weighted by atomic mass is 10.2. The van der Waals surface area contributed by atoms with Gasteiger partial charge in [0.1, 0.15) is 11.5 Å². The first kappa shape index (κ1) is 16.9. The maximum atomic E-state index is 12.6. The normalized spacial score (nSPS) is 11.9. The van der Waals surface area contributed by atoms with Gasteiger partial charge in [0.2, 0.25) is 0 Å². The van der Waals surface area contributed by atoms with Crippen LogP contribution in [0.2, 0.25) is 5.02 Å². The monoisotopic (exact) mass is 345 g/mol. The van der Waals surface area contributed by atoms with Crippen LogP contribution in [0.1, 0.15) is 11.1 Å². The van der Waals surface area contributed by atoms with Crippen LogP contribution in [0.3, 0.4) is 0 Å². The topological polar surface area (TPSA) is 69.0 Å². The SMILES string of the molecule is CN(/N=C\c1ccc(O)cc1O)c1ncc(C(F)(F)F)cc1Cl. The molecular weight excluding hydrogens is 335 g/mol. The summed E-state index contributed by atoms with van der Waals surface area (Å²) in [4.78, 5) is 3.65. The number of nitrogens with zero attached hydrogens (tertiary/aromatic N) is 3. The Kier molecular flexibility index (Phi) is 4.65. The van der Waals surface area contributed by atoms with E-state index in [9.17, 15) is 23.4 Å². The first-order valence-electron chi connectivity index (χ1n) is 6.21. The first-order valence-corrected chi connectivity index (χ1v) is 6.58. The van der Waals surface area contributed by atoms with Crippen molar-refractivity contribution in [3.05, 3.63) is 46.6 Å². The third kappa shape index (κ3) is 4.04. The molecule has 0 saturated heterocycles. The zero-order valence-electron chi connectivity index (χ0n) is 11.7. The Balaban J connectivity index is 2.23. The highest BCUT2D eigenvalue weighted by Gasteiger charge is 2.31. The summed E-state index contributed by atoms with van der Waals surface area (Å²) < 4.78 is 37.7. The van der Waals surface area contributed by atoms with E-state index in [4.69, 9.17) is 11.6 Å². The van der Waals surface area contributed by atoms with Gasteiger partial charge in [-0.25, -0.2) is 9.99 Å². The number of phenols is 2. The van der Waals surface area contributed by atoms with Crippen molar-refractivity contribution in [1.82, 2.24) is 4.98 Å². The molecule has 0 radical (unpaired) electrons. The van der Waals surface area contributed by atoms with Crippen LogP contribution in [-0.2, 0) is 6.18 Å². The summed E-state index contributed by atoms with van der Waals surface area (Å²) in [5.41, 5.74) is -0.655. The van der Waals surface area contributed by atoms with E-state index < -0.39 is 11.7 Å². The minimum atomic E-state index is -4.53. The number of anilines is 1. The average Bonchev–Trinajstić information content (AvgIpc) is 2.45. The predicted octanol–water partition coefficient (Wildman–Crippen LogP) is 3.64. The maximum Gasteiger partial charge on any atom is 0.417 e. The summed E-state index contributed by atoms with van der Waals surface area (Å²) in [5.74, 6) is -0.289. The molecule has 1 aromatic heterocycles. The molecule has 2 N–H and O–H groups in total. The molecule has 0 fully saturated rings. The van der Waals surface area contributed by atoms with Crippen LogP contribution in [0.15, 0.2) is 35.6 Å². The molecule has 0 aliphatic heterocycles. The van der Waals surface area contributed by atoms with Crippen molar-refractivity contribution < 1.29 is 23.4 Å². The van der Waals surface area contributed by atoms with E-state index in [-0.39, 0.29) is 22.3 Å². The van der Waals surface area contributed by atoms with Gasteiger partial charge in [-0.1, -0.05) is 11.6 Å². The Hall–Kier alpha value is -2.48. The molecule has 0 aliphatic carbocycles. The standard InChI is InChI=1S/C14H11ClF3N3O2/c1-21(20-6-8-2-3-10(22)5-12(8)23)13-11(15)4-9(7-19-13)14(16,17)18/h2-7,22-23H,1H3/b20-6-. The van der Waals surface area contributed by atoms with Crippen LogP contribution in [0.4, 0.5) is 19.0 Å². The minimum Gasteiger partial charge on any atom is -0.508 e. The number of phenolic OH excluding ortho intramolecular Hbond substituents is 2. The molecule has 0 amide bonds. The minimum absolute atomic E-state index is 0.0224. The van der Waals surface area contributed by atoms with E-state index >= 15 is 0 Å². The first-order chi connectivity index (χ1) is 10.7. The summed E-state index contributed by atoms with van der Waals surface area (Å²) in [6.07, 6.45) is -2.62. The van der Waals surface area contributed by atoms with E-state index in [1.54, 1.807) is 0 Å². The van der Waals surface area contributed by atoms with Gasteiger partial charge in [0.05, 0.1) is 16.8 Å². The van der Waals surface area contributed by atoms with E-state index in [2.05, 4.69) is 10.1 Å². The smallest absolute Gasteiger partial charge is 0.417 e. The number of halogens is 4. The number of benzene rings is 1. The molecule has 1 aromatic carbocycles. The fraction of sp³-hybridized carbons (Fsp3) is 0.143. The fourth-order valence-electron chi connectivity index (χ4n) is 1.67. The van der Waals surface area contributed by atoms with Gasteiger partial charge in [0.25, 0.3) is 0 Å². The Morgan fingerprint density at radius 2 is 1.96 bits per heavy atom. The molecule has 122 valence electrons. The number of rotatable bonds is 3. The van der Waals surface area contributed by atoms with Crippen molar-refractivity contribution in [1.29, 1.82) is 0 Å². The summed E-state index contributed by atoms with van der Waals surface area (Å²) >= 11 is 5.80. The van der Waals surface area contributed by atoms with Gasteiger partial charge in [-0.3, -0.25) is 0 Å². The van der Waals surface area contributed by atoms with Crippen LogP contribution < -0.4 is 5.01 Å². The largest absolute Gasteiger partial charge is 0.508 e. The molecule has 23 heavy (non-hydrogen) atoms. The van der Waals surface area contributed by atoms with E-state index in [0.717, 1.165) is 17.1 Å². The van der Waals surface area contributed by atoms with Crippen molar-refractivity contribution in [3.63, 3.8) is 0 Å². The van der Waals surface area contributed by atoms with E-state index in [0.29, 0.717) is 11.8 Å².